The molecule has 0 aromatic heterocycles. The summed E-state index contributed by atoms with van der Waals surface area (Å²) in [4.78, 5) is 0. The molecule has 5 nitrogen and oxygen atoms in total. The van der Waals surface area contributed by atoms with Gasteiger partial charge in [-0.15, -0.1) is 0 Å². The number of hydrogen-bond acceptors (Lipinski definition) is 4. The molecule has 0 fully saturated rings. The first kappa shape index (κ1) is 13.0. The van der Waals surface area contributed by atoms with E-state index in [4.69, 9.17) is 9.66 Å². The minimum absolute atomic E-state index is 0.186. The van der Waals surface area contributed by atoms with Gasteiger partial charge in [0.1, 0.15) is 5.75 Å². The highest BCUT2D eigenvalue weighted by atomic mass is 32.3. The molecular weight excluding hydrogens is 232 g/mol. The van der Waals surface area contributed by atoms with E-state index in [1.165, 1.54) is 0 Å². The third-order valence-electron chi connectivity index (χ3n) is 2.06. The fraction of sp³-hybridized carbons (Fsp3) is 0.400. The summed E-state index contributed by atoms with van der Waals surface area (Å²) in [5.41, 5.74) is 0.962. The Bertz CT molecular complexity index is 423. The van der Waals surface area contributed by atoms with Crippen molar-refractivity contribution in [3.63, 3.8) is 0 Å². The minimum atomic E-state index is -4.37. The van der Waals surface area contributed by atoms with E-state index in [0.717, 1.165) is 5.56 Å². The van der Waals surface area contributed by atoms with Crippen LogP contribution in [0.3, 0.4) is 0 Å². The van der Waals surface area contributed by atoms with Gasteiger partial charge in [-0.2, -0.15) is 8.42 Å². The lowest BCUT2D eigenvalue weighted by Crippen LogP contribution is -2.15. The van der Waals surface area contributed by atoms with Crippen molar-refractivity contribution in [3.8, 4) is 5.75 Å². The molecular formula is C10H14O5S. The molecule has 0 aliphatic carbocycles. The first-order valence-electron chi connectivity index (χ1n) is 4.80. The van der Waals surface area contributed by atoms with E-state index in [1.54, 1.807) is 31.2 Å². The van der Waals surface area contributed by atoms with Crippen LogP contribution >= 0.6 is 0 Å². The molecule has 0 unspecified atom stereocenters. The lowest BCUT2D eigenvalue weighted by atomic mass is 10.1. The molecule has 0 spiro atoms. The Morgan fingerprint density at radius 3 is 2.38 bits per heavy atom. The van der Waals surface area contributed by atoms with Gasteiger partial charge in [0.25, 0.3) is 0 Å². The zero-order chi connectivity index (χ0) is 12.2. The van der Waals surface area contributed by atoms with Crippen LogP contribution in [0.15, 0.2) is 24.3 Å². The second kappa shape index (κ2) is 5.29. The number of aryl methyl sites for hydroxylation is 1. The van der Waals surface area contributed by atoms with Gasteiger partial charge in [0, 0.05) is 0 Å². The fourth-order valence-corrected chi connectivity index (χ4v) is 1.80. The average Bonchev–Trinajstić information content (AvgIpc) is 2.14. The van der Waals surface area contributed by atoms with Crippen molar-refractivity contribution in [2.45, 2.75) is 25.9 Å². The van der Waals surface area contributed by atoms with E-state index in [2.05, 4.69) is 4.18 Å². The molecule has 0 bridgehead atoms. The van der Waals surface area contributed by atoms with Gasteiger partial charge in [-0.3, -0.25) is 4.55 Å². The van der Waals surface area contributed by atoms with Crippen LogP contribution in [0.2, 0.25) is 0 Å². The maximum Gasteiger partial charge on any atom is 0.397 e. The van der Waals surface area contributed by atoms with Gasteiger partial charge >= 0.3 is 10.4 Å². The number of hydrogen-bond donors (Lipinski definition) is 2. The second-order valence-corrected chi connectivity index (χ2v) is 4.59. The second-order valence-electron chi connectivity index (χ2n) is 3.54. The molecule has 0 radical (unpaired) electrons. The number of aromatic hydroxyl groups is 1. The quantitative estimate of drug-likeness (QED) is 0.770. The molecule has 0 saturated carbocycles. The zero-order valence-corrected chi connectivity index (χ0v) is 9.64. The third-order valence-corrected chi connectivity index (χ3v) is 2.63. The lowest BCUT2D eigenvalue weighted by Gasteiger charge is -2.09. The Morgan fingerprint density at radius 1 is 1.31 bits per heavy atom. The van der Waals surface area contributed by atoms with E-state index in [1.807, 2.05) is 0 Å². The first-order chi connectivity index (χ1) is 7.37. The minimum Gasteiger partial charge on any atom is -0.508 e. The van der Waals surface area contributed by atoms with Gasteiger partial charge in [-0.1, -0.05) is 12.1 Å². The van der Waals surface area contributed by atoms with Gasteiger partial charge in [0.15, 0.2) is 0 Å². The normalized spacial score (nSPS) is 13.6. The molecule has 0 aliphatic rings. The van der Waals surface area contributed by atoms with Crippen LogP contribution in [0.5, 0.6) is 5.75 Å². The Kier molecular flexibility index (Phi) is 4.28. The summed E-state index contributed by atoms with van der Waals surface area (Å²) in [6.07, 6.45) is 0.491. The molecule has 0 aliphatic heterocycles. The van der Waals surface area contributed by atoms with E-state index in [9.17, 15) is 8.42 Å². The topological polar surface area (TPSA) is 83.8 Å². The molecule has 1 aromatic carbocycles. The highest BCUT2D eigenvalue weighted by Crippen LogP contribution is 2.13. The highest BCUT2D eigenvalue weighted by molar-refractivity contribution is 7.80. The van der Waals surface area contributed by atoms with Gasteiger partial charge < -0.3 is 5.11 Å². The Balaban J connectivity index is 2.43. The summed E-state index contributed by atoms with van der Waals surface area (Å²) in [7, 11) is -4.37. The van der Waals surface area contributed by atoms with Gasteiger partial charge in [0.05, 0.1) is 6.10 Å². The van der Waals surface area contributed by atoms with Crippen LogP contribution in [0.1, 0.15) is 18.9 Å². The van der Waals surface area contributed by atoms with Crippen LogP contribution in [0.4, 0.5) is 0 Å². The molecule has 16 heavy (non-hydrogen) atoms. The molecule has 0 heterocycles. The van der Waals surface area contributed by atoms with Crippen molar-refractivity contribution in [2.24, 2.45) is 0 Å². The monoisotopic (exact) mass is 246 g/mol. The van der Waals surface area contributed by atoms with Crippen molar-refractivity contribution >= 4 is 10.4 Å². The highest BCUT2D eigenvalue weighted by Gasteiger charge is 2.11. The fourth-order valence-electron chi connectivity index (χ4n) is 1.29. The molecule has 0 amide bonds. The average molecular weight is 246 g/mol. The first-order valence-corrected chi connectivity index (χ1v) is 6.17. The van der Waals surface area contributed by atoms with Crippen molar-refractivity contribution < 1.29 is 22.3 Å². The van der Waals surface area contributed by atoms with E-state index in [0.29, 0.717) is 12.8 Å². The zero-order valence-electron chi connectivity index (χ0n) is 8.83. The van der Waals surface area contributed by atoms with Crippen molar-refractivity contribution in [1.29, 1.82) is 0 Å². The summed E-state index contributed by atoms with van der Waals surface area (Å²) in [6.45, 7) is 1.56. The molecule has 1 rings (SSSR count). The summed E-state index contributed by atoms with van der Waals surface area (Å²) >= 11 is 0. The predicted octanol–water partition coefficient (Wildman–Crippen LogP) is 1.53. The predicted molar refractivity (Wildman–Crippen MR) is 58.5 cm³/mol. The maximum atomic E-state index is 10.4. The summed E-state index contributed by atoms with van der Waals surface area (Å²) in [6, 6.07) is 6.61. The van der Waals surface area contributed by atoms with Gasteiger partial charge in [-0.05, 0) is 37.5 Å². The van der Waals surface area contributed by atoms with Crippen molar-refractivity contribution in [3.05, 3.63) is 29.8 Å². The van der Waals surface area contributed by atoms with Crippen LogP contribution in [0.25, 0.3) is 0 Å². The van der Waals surface area contributed by atoms with Crippen LogP contribution in [0, 0.1) is 0 Å². The Morgan fingerprint density at radius 2 is 1.88 bits per heavy atom. The van der Waals surface area contributed by atoms with Crippen molar-refractivity contribution in [2.75, 3.05) is 0 Å². The third kappa shape index (κ3) is 5.11. The largest absolute Gasteiger partial charge is 0.508 e. The summed E-state index contributed by atoms with van der Waals surface area (Å²) in [5, 5.41) is 9.05. The number of phenols is 1. The maximum absolute atomic E-state index is 10.4. The smallest absolute Gasteiger partial charge is 0.397 e. The molecule has 90 valence electrons. The van der Waals surface area contributed by atoms with E-state index in [-0.39, 0.29) is 5.75 Å². The van der Waals surface area contributed by atoms with Gasteiger partial charge in [0.2, 0.25) is 0 Å². The van der Waals surface area contributed by atoms with Crippen molar-refractivity contribution in [1.82, 2.24) is 0 Å². The molecule has 1 atom stereocenters. The molecule has 1 aromatic rings. The Hall–Kier alpha value is -1.11. The Labute approximate surface area is 94.6 Å². The lowest BCUT2D eigenvalue weighted by molar-refractivity contribution is 0.189. The number of phenolic OH excluding ortho intramolecular Hbond substituents is 1. The van der Waals surface area contributed by atoms with E-state index >= 15 is 0 Å². The van der Waals surface area contributed by atoms with Crippen LogP contribution < -0.4 is 0 Å². The summed E-state index contributed by atoms with van der Waals surface area (Å²) < 4.78 is 33.6. The molecule has 2 N–H and O–H groups in total. The van der Waals surface area contributed by atoms with Crippen LogP contribution in [-0.2, 0) is 21.0 Å². The molecule has 0 saturated heterocycles. The summed E-state index contributed by atoms with van der Waals surface area (Å²) in [5.74, 6) is 0.186. The SMILES string of the molecule is C[C@@H](CCc1ccc(O)cc1)OS(=O)(=O)O. The standard InChI is InChI=1S/C10H14O5S/c1-8(15-16(12,13)14)2-3-9-4-6-10(11)7-5-9/h4-8,11H,2-3H2,1H3,(H,12,13,14)/t8-/m0/s1. The van der Waals surface area contributed by atoms with Gasteiger partial charge in [-0.25, -0.2) is 4.18 Å². The van der Waals surface area contributed by atoms with E-state index < -0.39 is 16.5 Å². The number of rotatable bonds is 5. The molecule has 6 heteroatoms. The number of benzene rings is 1. The van der Waals surface area contributed by atoms with Crippen LogP contribution in [-0.4, -0.2) is 24.2 Å².